The molecule has 0 spiro atoms. The molecule has 2 heterocycles. The van der Waals surface area contributed by atoms with Gasteiger partial charge < -0.3 is 25.8 Å². The molecule has 7 rings (SSSR count). The fourth-order valence-electron chi connectivity index (χ4n) is 9.76. The van der Waals surface area contributed by atoms with Crippen molar-refractivity contribution < 1.29 is 24.0 Å². The van der Waals surface area contributed by atoms with E-state index in [2.05, 4.69) is 54.1 Å². The Hall–Kier alpha value is -4.99. The Morgan fingerprint density at radius 2 is 0.951 bits per heavy atom. The van der Waals surface area contributed by atoms with Crippen LogP contribution in [0.2, 0.25) is 0 Å². The molecule has 326 valence electrons. The minimum Gasteiger partial charge on any atom is -0.356 e. The summed E-state index contributed by atoms with van der Waals surface area (Å²) >= 11 is 0. The molecule has 3 aromatic carbocycles. The first-order valence-electron chi connectivity index (χ1n) is 23.4. The highest BCUT2D eigenvalue weighted by atomic mass is 16.2. The lowest BCUT2D eigenvalue weighted by molar-refractivity contribution is -0.133. The first kappa shape index (κ1) is 44.1. The summed E-state index contributed by atoms with van der Waals surface area (Å²) in [4.78, 5) is 72.7. The average molecular weight is 830 g/mol. The average Bonchev–Trinajstić information content (AvgIpc) is 4.14. The van der Waals surface area contributed by atoms with Crippen LogP contribution in [0.5, 0.6) is 0 Å². The van der Waals surface area contributed by atoms with Gasteiger partial charge in [0.2, 0.25) is 17.7 Å². The molecule has 4 aliphatic rings. The van der Waals surface area contributed by atoms with Crippen molar-refractivity contribution in [2.24, 2.45) is 23.7 Å². The summed E-state index contributed by atoms with van der Waals surface area (Å²) in [5.41, 5.74) is 3.24. The van der Waals surface area contributed by atoms with E-state index in [0.717, 1.165) is 57.8 Å². The number of carbonyl (C=O) groups is 5. The van der Waals surface area contributed by atoms with Crippen LogP contribution >= 0.6 is 0 Å². The van der Waals surface area contributed by atoms with Crippen LogP contribution in [0.3, 0.4) is 0 Å². The third-order valence-corrected chi connectivity index (χ3v) is 13.7. The summed E-state index contributed by atoms with van der Waals surface area (Å²) in [6.07, 6.45) is 14.1. The molecular weight excluding hydrogens is 763 g/mol. The minimum absolute atomic E-state index is 0.000912. The third kappa shape index (κ3) is 11.5. The molecule has 10 heteroatoms. The summed E-state index contributed by atoms with van der Waals surface area (Å²) in [7, 11) is 0. The van der Waals surface area contributed by atoms with Gasteiger partial charge in [0.15, 0.2) is 0 Å². The predicted molar refractivity (Wildman–Crippen MR) is 239 cm³/mol. The highest BCUT2D eigenvalue weighted by molar-refractivity contribution is 5.99. The zero-order valence-corrected chi connectivity index (χ0v) is 36.4. The molecule has 2 aliphatic heterocycles. The van der Waals surface area contributed by atoms with E-state index in [9.17, 15) is 24.0 Å². The Morgan fingerprint density at radius 3 is 1.46 bits per heavy atom. The van der Waals surface area contributed by atoms with Crippen molar-refractivity contribution in [3.63, 3.8) is 0 Å². The van der Waals surface area contributed by atoms with Crippen molar-refractivity contribution in [3.05, 3.63) is 107 Å². The lowest BCUT2D eigenvalue weighted by atomic mass is 9.90. The molecule has 2 aliphatic carbocycles. The number of rotatable bonds is 21. The number of carbonyl (C=O) groups excluding carboxylic acids is 5. The van der Waals surface area contributed by atoms with E-state index >= 15 is 0 Å². The van der Waals surface area contributed by atoms with Crippen LogP contribution in [0.25, 0.3) is 0 Å². The largest absolute Gasteiger partial charge is 0.356 e. The van der Waals surface area contributed by atoms with Crippen molar-refractivity contribution in [1.29, 1.82) is 0 Å². The number of benzene rings is 3. The fraction of sp³-hybridized carbons (Fsp3) is 0.549. The Labute approximate surface area is 363 Å². The first-order valence-corrected chi connectivity index (χ1v) is 23.4. The molecule has 0 aromatic heterocycles. The number of amides is 5. The minimum atomic E-state index is -0.684. The van der Waals surface area contributed by atoms with Crippen molar-refractivity contribution in [2.45, 2.75) is 121 Å². The second-order valence-corrected chi connectivity index (χ2v) is 18.2. The zero-order valence-electron chi connectivity index (χ0n) is 36.4. The van der Waals surface area contributed by atoms with Crippen LogP contribution < -0.4 is 16.0 Å². The molecule has 8 atom stereocenters. The second kappa shape index (κ2) is 21.2. The summed E-state index contributed by atoms with van der Waals surface area (Å²) < 4.78 is 0. The van der Waals surface area contributed by atoms with E-state index in [0.29, 0.717) is 30.8 Å². The van der Waals surface area contributed by atoms with E-state index in [1.165, 1.54) is 36.8 Å². The summed E-state index contributed by atoms with van der Waals surface area (Å²) in [6, 6.07) is 27.0. The number of hydrogen-bond acceptors (Lipinski definition) is 5. The maximum Gasteiger partial charge on any atom is 0.253 e. The highest BCUT2D eigenvalue weighted by Gasteiger charge is 2.49. The van der Waals surface area contributed by atoms with Gasteiger partial charge in [-0.05, 0) is 67.0 Å². The lowest BCUT2D eigenvalue weighted by Gasteiger charge is -2.18. The Bertz CT molecular complexity index is 1860. The third-order valence-electron chi connectivity index (χ3n) is 13.7. The number of hydrogen-bond donors (Lipinski definition) is 3. The van der Waals surface area contributed by atoms with Crippen molar-refractivity contribution >= 4 is 29.5 Å². The highest BCUT2D eigenvalue weighted by Crippen LogP contribution is 2.43. The van der Waals surface area contributed by atoms with Gasteiger partial charge in [0.05, 0.1) is 17.8 Å². The normalized spacial score (nSPS) is 25.2. The van der Waals surface area contributed by atoms with E-state index < -0.39 is 11.8 Å². The van der Waals surface area contributed by atoms with E-state index in [1.807, 2.05) is 41.3 Å². The van der Waals surface area contributed by atoms with Gasteiger partial charge in [0.1, 0.15) is 0 Å². The Kier molecular flexibility index (Phi) is 15.3. The zero-order chi connectivity index (χ0) is 42.7. The van der Waals surface area contributed by atoms with Gasteiger partial charge in [-0.1, -0.05) is 132 Å². The summed E-state index contributed by atoms with van der Waals surface area (Å²) in [5, 5.41) is 9.58. The molecule has 2 saturated heterocycles. The van der Waals surface area contributed by atoms with Crippen LogP contribution in [0, 0.1) is 23.7 Å². The first-order chi connectivity index (χ1) is 29.7. The topological polar surface area (TPSA) is 128 Å². The second-order valence-electron chi connectivity index (χ2n) is 18.2. The molecule has 0 bridgehead atoms. The SMILES string of the molecule is CCCCCCCC[C@H]1CN(C(=O)c2ccc(C(=O)N3C[C@@H](C(=O)N[C@H]4C[C@@H]4c4ccccc4)[C@H](C(=O)N[C@H]4C[C@@H]4c4ccccc4)C3)cc2)C[C@@H]1C(=O)NCCCCCC. The van der Waals surface area contributed by atoms with Gasteiger partial charge in [0.25, 0.3) is 11.8 Å². The smallest absolute Gasteiger partial charge is 0.253 e. The molecule has 0 unspecified atom stereocenters. The van der Waals surface area contributed by atoms with Gasteiger partial charge in [0, 0.05) is 67.8 Å². The predicted octanol–water partition coefficient (Wildman–Crippen LogP) is 7.85. The molecule has 10 nitrogen and oxygen atoms in total. The summed E-state index contributed by atoms with van der Waals surface area (Å²) in [5.74, 6) is -1.75. The molecule has 2 saturated carbocycles. The van der Waals surface area contributed by atoms with Crippen LogP contribution in [0.4, 0.5) is 0 Å². The van der Waals surface area contributed by atoms with Gasteiger partial charge >= 0.3 is 0 Å². The number of likely N-dealkylation sites (tertiary alicyclic amines) is 2. The standard InChI is InChI=1S/C51H67N5O5/c1-3-5-7-9-10-13-23-39-31-55(32-42(39)47(57)52-28-18-8-6-4-2)50(60)37-24-26-38(27-25-37)51(61)56-33-43(48(58)53-45-29-40(45)35-19-14-11-15-20-35)44(34-56)49(59)54-46-30-41(46)36-21-16-12-17-22-36/h11-12,14-17,19-22,24-27,39-46H,3-10,13,18,23,28-34H2,1-2H3,(H,52,57)(H,53,58)(H,54,59)/t39-,40+,41+,42-,43+,44+,45-,46-/m0/s1. The van der Waals surface area contributed by atoms with Gasteiger partial charge in [-0.25, -0.2) is 0 Å². The van der Waals surface area contributed by atoms with Crippen LogP contribution in [0.1, 0.15) is 141 Å². The van der Waals surface area contributed by atoms with E-state index in [1.54, 1.807) is 29.2 Å². The van der Waals surface area contributed by atoms with Gasteiger partial charge in [-0.15, -0.1) is 0 Å². The monoisotopic (exact) mass is 830 g/mol. The Morgan fingerprint density at radius 1 is 0.508 bits per heavy atom. The van der Waals surface area contributed by atoms with Crippen molar-refractivity contribution in [3.8, 4) is 0 Å². The van der Waals surface area contributed by atoms with Gasteiger partial charge in [-0.2, -0.15) is 0 Å². The van der Waals surface area contributed by atoms with Gasteiger partial charge in [-0.3, -0.25) is 24.0 Å². The molecule has 5 amide bonds. The fourth-order valence-corrected chi connectivity index (χ4v) is 9.76. The number of unbranched alkanes of at least 4 members (excludes halogenated alkanes) is 8. The molecule has 61 heavy (non-hydrogen) atoms. The molecule has 3 aromatic rings. The van der Waals surface area contributed by atoms with Crippen molar-refractivity contribution in [2.75, 3.05) is 32.7 Å². The van der Waals surface area contributed by atoms with Crippen LogP contribution in [0.15, 0.2) is 84.9 Å². The van der Waals surface area contributed by atoms with Crippen LogP contribution in [-0.2, 0) is 14.4 Å². The van der Waals surface area contributed by atoms with E-state index in [4.69, 9.17) is 0 Å². The quantitative estimate of drug-likeness (QED) is 0.0943. The Balaban J connectivity index is 0.981. The molecule has 3 N–H and O–H groups in total. The molecular formula is C51H67N5O5. The molecule has 0 radical (unpaired) electrons. The number of nitrogens with zero attached hydrogens (tertiary/aromatic N) is 2. The van der Waals surface area contributed by atoms with E-state index in [-0.39, 0.29) is 78.4 Å². The maximum absolute atomic E-state index is 14.1. The van der Waals surface area contributed by atoms with Crippen molar-refractivity contribution in [1.82, 2.24) is 25.8 Å². The number of nitrogens with one attached hydrogen (secondary N) is 3. The molecule has 4 fully saturated rings. The lowest BCUT2D eigenvalue weighted by Crippen LogP contribution is -2.43. The maximum atomic E-state index is 14.1. The van der Waals surface area contributed by atoms with Crippen LogP contribution in [-0.4, -0.2) is 84.1 Å². The summed E-state index contributed by atoms with van der Waals surface area (Å²) in [6.45, 7) is 6.26.